The molecule has 0 amide bonds. The van der Waals surface area contributed by atoms with Crippen molar-refractivity contribution >= 4 is 5.69 Å². The molecular formula is C15H21N5O. The number of nitrogens with one attached hydrogen (secondary N) is 1. The van der Waals surface area contributed by atoms with Crippen LogP contribution >= 0.6 is 0 Å². The number of anilines is 1. The molecular weight excluding hydrogens is 266 g/mol. The van der Waals surface area contributed by atoms with E-state index in [0.717, 1.165) is 31.0 Å². The zero-order valence-corrected chi connectivity index (χ0v) is 12.4. The third-order valence-electron chi connectivity index (χ3n) is 3.83. The van der Waals surface area contributed by atoms with Gasteiger partial charge in [-0.3, -0.25) is 0 Å². The summed E-state index contributed by atoms with van der Waals surface area (Å²) >= 11 is 0. The van der Waals surface area contributed by atoms with Gasteiger partial charge < -0.3 is 10.1 Å². The van der Waals surface area contributed by atoms with Crippen molar-refractivity contribution in [3.63, 3.8) is 0 Å². The molecule has 0 aliphatic carbocycles. The second kappa shape index (κ2) is 6.22. The van der Waals surface area contributed by atoms with Gasteiger partial charge in [-0.15, -0.1) is 0 Å². The van der Waals surface area contributed by atoms with E-state index in [-0.39, 0.29) is 0 Å². The van der Waals surface area contributed by atoms with E-state index in [1.54, 1.807) is 11.0 Å². The minimum atomic E-state index is 0.346. The van der Waals surface area contributed by atoms with Gasteiger partial charge in [-0.1, -0.05) is 13.8 Å². The zero-order chi connectivity index (χ0) is 14.7. The molecule has 2 aromatic heterocycles. The fraction of sp³-hybridized carbons (Fsp3) is 0.533. The highest BCUT2D eigenvalue weighted by Crippen LogP contribution is 2.23. The van der Waals surface area contributed by atoms with E-state index in [1.165, 1.54) is 6.33 Å². The topological polar surface area (TPSA) is 64.9 Å². The van der Waals surface area contributed by atoms with E-state index in [1.807, 2.05) is 18.3 Å². The van der Waals surface area contributed by atoms with Crippen molar-refractivity contribution in [2.75, 3.05) is 11.9 Å². The largest absolute Gasteiger partial charge is 0.381 e. The summed E-state index contributed by atoms with van der Waals surface area (Å²) in [7, 11) is 0. The quantitative estimate of drug-likeness (QED) is 0.934. The van der Waals surface area contributed by atoms with Gasteiger partial charge in [-0.2, -0.15) is 5.10 Å². The van der Waals surface area contributed by atoms with Gasteiger partial charge in [-0.25, -0.2) is 14.6 Å². The van der Waals surface area contributed by atoms with Crippen LogP contribution < -0.4 is 5.32 Å². The van der Waals surface area contributed by atoms with Gasteiger partial charge in [-0.05, 0) is 30.9 Å². The van der Waals surface area contributed by atoms with Crippen LogP contribution in [0.3, 0.4) is 0 Å². The molecule has 3 rings (SSSR count). The van der Waals surface area contributed by atoms with Crippen LogP contribution in [0.4, 0.5) is 5.69 Å². The first kappa shape index (κ1) is 14.0. The van der Waals surface area contributed by atoms with Gasteiger partial charge in [0.15, 0.2) is 5.82 Å². The van der Waals surface area contributed by atoms with Gasteiger partial charge in [0.25, 0.3) is 0 Å². The van der Waals surface area contributed by atoms with Crippen LogP contribution in [0, 0.1) is 5.92 Å². The Balaban J connectivity index is 1.62. The monoisotopic (exact) mass is 287 g/mol. The number of pyridine rings is 1. The third-order valence-corrected chi connectivity index (χ3v) is 3.83. The molecule has 2 atom stereocenters. The number of rotatable bonds is 4. The maximum Gasteiger partial charge on any atom is 0.155 e. The SMILES string of the molecule is CC(C)C1CC(Nc2ccc(-n3cncn3)nc2)CCO1. The first-order valence-electron chi connectivity index (χ1n) is 7.41. The fourth-order valence-electron chi connectivity index (χ4n) is 2.59. The molecule has 112 valence electrons. The molecule has 6 nitrogen and oxygen atoms in total. The van der Waals surface area contributed by atoms with Gasteiger partial charge in [0.1, 0.15) is 12.7 Å². The van der Waals surface area contributed by atoms with Crippen LogP contribution in [0.15, 0.2) is 31.0 Å². The summed E-state index contributed by atoms with van der Waals surface area (Å²) < 4.78 is 7.45. The Bertz CT molecular complexity index is 552. The molecule has 6 heteroatoms. The Morgan fingerprint density at radius 3 is 2.95 bits per heavy atom. The van der Waals surface area contributed by atoms with E-state index < -0.39 is 0 Å². The maximum absolute atomic E-state index is 5.80. The Morgan fingerprint density at radius 2 is 2.29 bits per heavy atom. The van der Waals surface area contributed by atoms with Crippen molar-refractivity contribution in [2.24, 2.45) is 5.92 Å². The van der Waals surface area contributed by atoms with E-state index in [2.05, 4.69) is 34.2 Å². The molecule has 21 heavy (non-hydrogen) atoms. The highest BCUT2D eigenvalue weighted by Gasteiger charge is 2.24. The first-order chi connectivity index (χ1) is 10.2. The molecule has 1 fully saturated rings. The van der Waals surface area contributed by atoms with Gasteiger partial charge in [0.05, 0.1) is 18.0 Å². The summed E-state index contributed by atoms with van der Waals surface area (Å²) in [6, 6.07) is 4.42. The highest BCUT2D eigenvalue weighted by atomic mass is 16.5. The van der Waals surface area contributed by atoms with Crippen molar-refractivity contribution in [3.05, 3.63) is 31.0 Å². The lowest BCUT2D eigenvalue weighted by atomic mass is 9.95. The minimum absolute atomic E-state index is 0.346. The van der Waals surface area contributed by atoms with Crippen LogP contribution in [0.5, 0.6) is 0 Å². The van der Waals surface area contributed by atoms with Crippen molar-refractivity contribution < 1.29 is 4.74 Å². The Labute approximate surface area is 124 Å². The van der Waals surface area contributed by atoms with Crippen LogP contribution in [-0.4, -0.2) is 38.5 Å². The van der Waals surface area contributed by atoms with Crippen molar-refractivity contribution in [1.29, 1.82) is 0 Å². The van der Waals surface area contributed by atoms with Crippen molar-refractivity contribution in [2.45, 2.75) is 38.8 Å². The molecule has 2 unspecified atom stereocenters. The molecule has 1 saturated heterocycles. The van der Waals surface area contributed by atoms with E-state index in [4.69, 9.17) is 4.74 Å². The molecule has 1 aliphatic rings. The fourth-order valence-corrected chi connectivity index (χ4v) is 2.59. The second-order valence-corrected chi connectivity index (χ2v) is 5.76. The highest BCUT2D eigenvalue weighted by molar-refractivity contribution is 5.44. The Kier molecular flexibility index (Phi) is 4.15. The summed E-state index contributed by atoms with van der Waals surface area (Å²) in [5.41, 5.74) is 1.04. The van der Waals surface area contributed by atoms with E-state index in [0.29, 0.717) is 18.1 Å². The molecule has 1 N–H and O–H groups in total. The summed E-state index contributed by atoms with van der Waals surface area (Å²) in [6.07, 6.45) is 7.41. The second-order valence-electron chi connectivity index (χ2n) is 5.76. The van der Waals surface area contributed by atoms with Gasteiger partial charge in [0, 0.05) is 12.6 Å². The van der Waals surface area contributed by atoms with Gasteiger partial charge >= 0.3 is 0 Å². The predicted octanol–water partition coefficient (Wildman–Crippen LogP) is 2.28. The summed E-state index contributed by atoms with van der Waals surface area (Å²) in [5.74, 6) is 1.33. The molecule has 3 heterocycles. The molecule has 2 aromatic rings. The maximum atomic E-state index is 5.80. The van der Waals surface area contributed by atoms with E-state index in [9.17, 15) is 0 Å². The smallest absolute Gasteiger partial charge is 0.155 e. The van der Waals surface area contributed by atoms with Crippen LogP contribution in [0.25, 0.3) is 5.82 Å². The number of ether oxygens (including phenoxy) is 1. The molecule has 0 aromatic carbocycles. The van der Waals surface area contributed by atoms with Crippen LogP contribution in [0.2, 0.25) is 0 Å². The van der Waals surface area contributed by atoms with Gasteiger partial charge in [0.2, 0.25) is 0 Å². The summed E-state index contributed by atoms with van der Waals surface area (Å²) in [5, 5.41) is 7.62. The third kappa shape index (κ3) is 3.39. The molecule has 0 radical (unpaired) electrons. The average Bonchev–Trinajstić information content (AvgIpc) is 3.02. The number of aromatic nitrogens is 4. The number of hydrogen-bond acceptors (Lipinski definition) is 5. The predicted molar refractivity (Wildman–Crippen MR) is 80.4 cm³/mol. The van der Waals surface area contributed by atoms with Crippen molar-refractivity contribution in [1.82, 2.24) is 19.7 Å². The van der Waals surface area contributed by atoms with E-state index >= 15 is 0 Å². The molecule has 1 aliphatic heterocycles. The standard InChI is InChI=1S/C15H21N5O/c1-11(2)14-7-12(5-6-21-14)19-13-3-4-15(17-8-13)20-10-16-9-18-20/h3-4,8-12,14,19H,5-7H2,1-2H3. The number of nitrogens with zero attached hydrogens (tertiary/aromatic N) is 4. The lowest BCUT2D eigenvalue weighted by Crippen LogP contribution is -2.36. The lowest BCUT2D eigenvalue weighted by Gasteiger charge is -2.32. The lowest BCUT2D eigenvalue weighted by molar-refractivity contribution is -0.0160. The molecule has 0 bridgehead atoms. The van der Waals surface area contributed by atoms with Crippen molar-refractivity contribution in [3.8, 4) is 5.82 Å². The van der Waals surface area contributed by atoms with Crippen LogP contribution in [-0.2, 0) is 4.74 Å². The minimum Gasteiger partial charge on any atom is -0.381 e. The zero-order valence-electron chi connectivity index (χ0n) is 12.4. The average molecular weight is 287 g/mol. The summed E-state index contributed by atoms with van der Waals surface area (Å²) in [4.78, 5) is 8.33. The molecule has 0 spiro atoms. The molecule has 0 saturated carbocycles. The summed E-state index contributed by atoms with van der Waals surface area (Å²) in [6.45, 7) is 5.24. The first-order valence-corrected chi connectivity index (χ1v) is 7.41. The van der Waals surface area contributed by atoms with Crippen LogP contribution in [0.1, 0.15) is 26.7 Å². The Morgan fingerprint density at radius 1 is 1.38 bits per heavy atom. The number of hydrogen-bond donors (Lipinski definition) is 1. The Hall–Kier alpha value is -1.95. The normalized spacial score (nSPS) is 22.4.